The average Bonchev–Trinajstić information content (AvgIpc) is 1.88. The summed E-state index contributed by atoms with van der Waals surface area (Å²) in [4.78, 5) is 10.9. The Kier molecular flexibility index (Phi) is 1.94. The Labute approximate surface area is 59.7 Å². The molecule has 0 bridgehead atoms. The third-order valence-corrected chi connectivity index (χ3v) is 1.60. The van der Waals surface area contributed by atoms with Gasteiger partial charge in [0.25, 0.3) is 5.91 Å². The highest BCUT2D eigenvalue weighted by molar-refractivity contribution is 5.94. The SMILES string of the molecule is C/C(O)=C1\CCCNC1=O. The first-order valence-electron chi connectivity index (χ1n) is 3.38. The third-order valence-electron chi connectivity index (χ3n) is 1.60. The zero-order valence-electron chi connectivity index (χ0n) is 5.98. The summed E-state index contributed by atoms with van der Waals surface area (Å²) in [7, 11) is 0. The van der Waals surface area contributed by atoms with Gasteiger partial charge in [0.15, 0.2) is 0 Å². The number of aliphatic hydroxyl groups is 1. The van der Waals surface area contributed by atoms with E-state index < -0.39 is 0 Å². The molecule has 0 unspecified atom stereocenters. The molecule has 0 aromatic carbocycles. The van der Waals surface area contributed by atoms with Crippen LogP contribution in [0.1, 0.15) is 19.8 Å². The van der Waals surface area contributed by atoms with E-state index in [-0.39, 0.29) is 11.7 Å². The lowest BCUT2D eigenvalue weighted by molar-refractivity contribution is -0.118. The molecule has 56 valence electrons. The van der Waals surface area contributed by atoms with Gasteiger partial charge in [0.2, 0.25) is 0 Å². The van der Waals surface area contributed by atoms with Crippen molar-refractivity contribution in [1.29, 1.82) is 0 Å². The van der Waals surface area contributed by atoms with Crippen molar-refractivity contribution in [3.63, 3.8) is 0 Å². The molecule has 1 aliphatic rings. The summed E-state index contributed by atoms with van der Waals surface area (Å²) in [6.45, 7) is 2.27. The van der Waals surface area contributed by atoms with Gasteiger partial charge in [-0.1, -0.05) is 0 Å². The fraction of sp³-hybridized carbons (Fsp3) is 0.571. The number of carbonyl (C=O) groups excluding carboxylic acids is 1. The molecule has 3 nitrogen and oxygen atoms in total. The highest BCUT2D eigenvalue weighted by atomic mass is 16.3. The van der Waals surface area contributed by atoms with Crippen molar-refractivity contribution in [3.8, 4) is 0 Å². The molecule has 0 aromatic heterocycles. The van der Waals surface area contributed by atoms with E-state index in [1.54, 1.807) is 6.92 Å². The van der Waals surface area contributed by atoms with Crippen LogP contribution in [-0.4, -0.2) is 17.6 Å². The van der Waals surface area contributed by atoms with Crippen molar-refractivity contribution >= 4 is 5.91 Å². The minimum atomic E-state index is -0.119. The minimum absolute atomic E-state index is 0.119. The normalized spacial score (nSPS) is 23.9. The molecule has 1 fully saturated rings. The predicted octanol–water partition coefficient (Wildman–Crippen LogP) is 0.728. The van der Waals surface area contributed by atoms with E-state index in [1.807, 2.05) is 0 Å². The summed E-state index contributed by atoms with van der Waals surface area (Å²) in [6, 6.07) is 0. The van der Waals surface area contributed by atoms with Crippen molar-refractivity contribution in [2.45, 2.75) is 19.8 Å². The number of nitrogens with one attached hydrogen (secondary N) is 1. The standard InChI is InChI=1S/C7H11NO2/c1-5(9)6-3-2-4-8-7(6)10/h9H,2-4H2,1H3,(H,8,10)/b6-5-. The van der Waals surface area contributed by atoms with Crippen LogP contribution >= 0.6 is 0 Å². The summed E-state index contributed by atoms with van der Waals surface area (Å²) in [5, 5.41) is 11.6. The molecule has 1 saturated heterocycles. The van der Waals surface area contributed by atoms with Crippen molar-refractivity contribution in [1.82, 2.24) is 5.32 Å². The van der Waals surface area contributed by atoms with E-state index in [0.717, 1.165) is 13.0 Å². The number of hydrogen-bond donors (Lipinski definition) is 2. The Morgan fingerprint density at radius 1 is 1.70 bits per heavy atom. The maximum Gasteiger partial charge on any atom is 0.250 e. The lowest BCUT2D eigenvalue weighted by Gasteiger charge is -2.14. The van der Waals surface area contributed by atoms with Crippen LogP contribution in [0.4, 0.5) is 0 Å². The summed E-state index contributed by atoms with van der Waals surface area (Å²) < 4.78 is 0. The summed E-state index contributed by atoms with van der Waals surface area (Å²) in [5.41, 5.74) is 0.534. The summed E-state index contributed by atoms with van der Waals surface area (Å²) in [5.74, 6) is 0.0310. The number of allylic oxidation sites excluding steroid dienone is 1. The second kappa shape index (κ2) is 2.73. The van der Waals surface area contributed by atoms with Crippen molar-refractivity contribution < 1.29 is 9.90 Å². The molecule has 3 heteroatoms. The number of amides is 1. The maximum atomic E-state index is 10.9. The monoisotopic (exact) mass is 141 g/mol. The number of hydrogen-bond acceptors (Lipinski definition) is 2. The molecular weight excluding hydrogens is 130 g/mol. The van der Waals surface area contributed by atoms with E-state index in [1.165, 1.54) is 0 Å². The van der Waals surface area contributed by atoms with Gasteiger partial charge < -0.3 is 10.4 Å². The molecule has 1 heterocycles. The fourth-order valence-electron chi connectivity index (χ4n) is 1.03. The molecule has 1 amide bonds. The smallest absolute Gasteiger partial charge is 0.250 e. The first kappa shape index (κ1) is 7.12. The van der Waals surface area contributed by atoms with E-state index in [2.05, 4.69) is 5.32 Å². The number of rotatable bonds is 0. The molecule has 1 aliphatic heterocycles. The summed E-state index contributed by atoms with van der Waals surface area (Å²) >= 11 is 0. The Hall–Kier alpha value is -0.990. The van der Waals surface area contributed by atoms with Crippen LogP contribution < -0.4 is 5.32 Å². The average molecular weight is 141 g/mol. The van der Waals surface area contributed by atoms with Gasteiger partial charge in [0, 0.05) is 6.54 Å². The van der Waals surface area contributed by atoms with E-state index >= 15 is 0 Å². The molecule has 0 aliphatic carbocycles. The molecule has 0 radical (unpaired) electrons. The van der Waals surface area contributed by atoms with Crippen LogP contribution in [0, 0.1) is 0 Å². The predicted molar refractivity (Wildman–Crippen MR) is 37.6 cm³/mol. The zero-order chi connectivity index (χ0) is 7.56. The molecular formula is C7H11NO2. The largest absolute Gasteiger partial charge is 0.512 e. The van der Waals surface area contributed by atoms with Gasteiger partial charge in [0.1, 0.15) is 0 Å². The van der Waals surface area contributed by atoms with E-state index in [0.29, 0.717) is 12.0 Å². The van der Waals surface area contributed by atoms with Gasteiger partial charge in [0.05, 0.1) is 11.3 Å². The Morgan fingerprint density at radius 2 is 2.40 bits per heavy atom. The fourth-order valence-corrected chi connectivity index (χ4v) is 1.03. The zero-order valence-corrected chi connectivity index (χ0v) is 5.98. The van der Waals surface area contributed by atoms with Crippen LogP contribution in [0.2, 0.25) is 0 Å². The van der Waals surface area contributed by atoms with Crippen LogP contribution in [0.5, 0.6) is 0 Å². The highest BCUT2D eigenvalue weighted by Crippen LogP contribution is 2.12. The third kappa shape index (κ3) is 1.29. The van der Waals surface area contributed by atoms with Crippen molar-refractivity contribution in [3.05, 3.63) is 11.3 Å². The van der Waals surface area contributed by atoms with E-state index in [9.17, 15) is 4.79 Å². The molecule has 0 aromatic rings. The highest BCUT2D eigenvalue weighted by Gasteiger charge is 2.15. The van der Waals surface area contributed by atoms with Crippen LogP contribution in [-0.2, 0) is 4.79 Å². The van der Waals surface area contributed by atoms with Gasteiger partial charge >= 0.3 is 0 Å². The molecule has 0 atom stereocenters. The first-order valence-corrected chi connectivity index (χ1v) is 3.38. The van der Waals surface area contributed by atoms with Crippen LogP contribution in [0.25, 0.3) is 0 Å². The van der Waals surface area contributed by atoms with Crippen LogP contribution in [0.3, 0.4) is 0 Å². The lowest BCUT2D eigenvalue weighted by atomic mass is 10.1. The number of piperidine rings is 1. The number of carbonyl (C=O) groups is 1. The minimum Gasteiger partial charge on any atom is -0.512 e. The lowest BCUT2D eigenvalue weighted by Crippen LogP contribution is -2.31. The summed E-state index contributed by atoms with van der Waals surface area (Å²) in [6.07, 6.45) is 1.63. The molecule has 0 saturated carbocycles. The van der Waals surface area contributed by atoms with Gasteiger partial charge in [-0.2, -0.15) is 0 Å². The Balaban J connectivity index is 2.75. The number of aliphatic hydroxyl groups excluding tert-OH is 1. The Morgan fingerprint density at radius 3 is 2.80 bits per heavy atom. The Bertz CT molecular complexity index is 180. The van der Waals surface area contributed by atoms with E-state index in [4.69, 9.17) is 5.11 Å². The molecule has 10 heavy (non-hydrogen) atoms. The quantitative estimate of drug-likeness (QED) is 0.386. The molecule has 1 rings (SSSR count). The van der Waals surface area contributed by atoms with Crippen LogP contribution in [0.15, 0.2) is 11.3 Å². The van der Waals surface area contributed by atoms with Gasteiger partial charge in [-0.25, -0.2) is 0 Å². The molecule has 2 N–H and O–H groups in total. The first-order chi connectivity index (χ1) is 4.72. The van der Waals surface area contributed by atoms with Gasteiger partial charge in [-0.05, 0) is 19.8 Å². The second-order valence-electron chi connectivity index (χ2n) is 2.42. The van der Waals surface area contributed by atoms with Gasteiger partial charge in [-0.15, -0.1) is 0 Å². The maximum absolute atomic E-state index is 10.9. The van der Waals surface area contributed by atoms with Crippen molar-refractivity contribution in [2.75, 3.05) is 6.54 Å². The van der Waals surface area contributed by atoms with Crippen molar-refractivity contribution in [2.24, 2.45) is 0 Å². The molecule has 0 spiro atoms. The second-order valence-corrected chi connectivity index (χ2v) is 2.42. The van der Waals surface area contributed by atoms with Gasteiger partial charge in [-0.3, -0.25) is 4.79 Å². The topological polar surface area (TPSA) is 49.3 Å².